The van der Waals surface area contributed by atoms with Crippen LogP contribution in [0.1, 0.15) is 59.0 Å². The molecule has 238 valence electrons. The van der Waals surface area contributed by atoms with E-state index in [9.17, 15) is 27.6 Å². The summed E-state index contributed by atoms with van der Waals surface area (Å²) >= 11 is 0. The Bertz CT molecular complexity index is 1770. The van der Waals surface area contributed by atoms with Gasteiger partial charge in [0.05, 0.1) is 49.3 Å². The highest BCUT2D eigenvalue weighted by molar-refractivity contribution is 5.96. The number of aryl methyl sites for hydroxylation is 2. The number of amides is 1. The Labute approximate surface area is 258 Å². The molecule has 1 amide bonds. The number of imidazole rings is 1. The van der Waals surface area contributed by atoms with E-state index in [2.05, 4.69) is 4.98 Å². The van der Waals surface area contributed by atoms with Gasteiger partial charge in [0.15, 0.2) is 5.65 Å². The molecular formula is C33H34F3N3O6. The number of esters is 2. The van der Waals surface area contributed by atoms with E-state index < -0.39 is 42.8 Å². The van der Waals surface area contributed by atoms with E-state index in [-0.39, 0.29) is 11.3 Å². The Morgan fingerprint density at radius 3 is 1.91 bits per heavy atom. The van der Waals surface area contributed by atoms with Crippen LogP contribution < -0.4 is 4.90 Å². The highest BCUT2D eigenvalue weighted by Gasteiger charge is 2.33. The van der Waals surface area contributed by atoms with Crippen LogP contribution in [0.5, 0.6) is 0 Å². The van der Waals surface area contributed by atoms with Crippen molar-refractivity contribution in [3.05, 3.63) is 77.1 Å². The topological polar surface area (TPSA) is 99.4 Å². The van der Waals surface area contributed by atoms with Gasteiger partial charge in [-0.05, 0) is 75.6 Å². The number of ether oxygens (including phenoxy) is 3. The van der Waals surface area contributed by atoms with Crippen molar-refractivity contribution in [3.8, 4) is 22.4 Å². The third kappa shape index (κ3) is 7.44. The van der Waals surface area contributed by atoms with E-state index in [1.165, 1.54) is 20.4 Å². The maximum Gasteiger partial charge on any atom is 0.414 e. The first-order chi connectivity index (χ1) is 21.0. The second-order valence-corrected chi connectivity index (χ2v) is 11.5. The minimum Gasteiger partial charge on any atom is -0.465 e. The van der Waals surface area contributed by atoms with Crippen molar-refractivity contribution in [3.63, 3.8) is 0 Å². The predicted molar refractivity (Wildman–Crippen MR) is 162 cm³/mol. The number of aromatic nitrogens is 2. The molecule has 2 aromatic heterocycles. The molecule has 4 aromatic rings. The van der Waals surface area contributed by atoms with Crippen LogP contribution >= 0.6 is 0 Å². The molecule has 0 fully saturated rings. The Balaban J connectivity index is 1.98. The fraction of sp³-hybridized carbons (Fsp3) is 0.333. The maximum atomic E-state index is 13.5. The number of pyridine rings is 1. The van der Waals surface area contributed by atoms with Crippen LogP contribution in [0, 0.1) is 13.8 Å². The molecule has 12 heteroatoms. The molecule has 0 spiro atoms. The first-order valence-electron chi connectivity index (χ1n) is 14.0. The summed E-state index contributed by atoms with van der Waals surface area (Å²) < 4.78 is 57.3. The molecule has 0 aliphatic rings. The van der Waals surface area contributed by atoms with Gasteiger partial charge in [-0.1, -0.05) is 18.2 Å². The number of alkyl halides is 3. The lowest BCUT2D eigenvalue weighted by atomic mass is 10.00. The van der Waals surface area contributed by atoms with Crippen LogP contribution in [0.2, 0.25) is 0 Å². The van der Waals surface area contributed by atoms with Crippen LogP contribution in [0.4, 0.5) is 23.7 Å². The summed E-state index contributed by atoms with van der Waals surface area (Å²) in [6, 6.07) is 11.7. The van der Waals surface area contributed by atoms with Gasteiger partial charge in [0, 0.05) is 23.9 Å². The second-order valence-electron chi connectivity index (χ2n) is 11.5. The van der Waals surface area contributed by atoms with Crippen molar-refractivity contribution in [1.29, 1.82) is 0 Å². The van der Waals surface area contributed by atoms with Crippen molar-refractivity contribution in [2.24, 2.45) is 0 Å². The van der Waals surface area contributed by atoms with Crippen molar-refractivity contribution in [2.75, 3.05) is 25.7 Å². The molecule has 4 rings (SSSR count). The smallest absolute Gasteiger partial charge is 0.414 e. The molecule has 0 saturated heterocycles. The number of methoxy groups -OCH3 is 2. The molecule has 0 bridgehead atoms. The predicted octanol–water partition coefficient (Wildman–Crippen LogP) is 7.55. The number of hydrogen-bond donors (Lipinski definition) is 0. The monoisotopic (exact) mass is 625 g/mol. The van der Waals surface area contributed by atoms with Crippen LogP contribution in [-0.2, 0) is 14.2 Å². The third-order valence-corrected chi connectivity index (χ3v) is 7.00. The summed E-state index contributed by atoms with van der Waals surface area (Å²) in [6.07, 6.45) is -3.51. The molecule has 0 radical (unpaired) electrons. The zero-order valence-corrected chi connectivity index (χ0v) is 26.0. The maximum absolute atomic E-state index is 13.5. The van der Waals surface area contributed by atoms with Crippen molar-refractivity contribution >= 4 is 29.4 Å². The molecule has 0 N–H and O–H groups in total. The third-order valence-electron chi connectivity index (χ3n) is 7.00. The summed E-state index contributed by atoms with van der Waals surface area (Å²) in [5.74, 6) is -1.01. The molecule has 0 aliphatic heterocycles. The molecule has 2 heterocycles. The summed E-state index contributed by atoms with van der Waals surface area (Å²) in [7, 11) is 2.57. The molecule has 2 aromatic carbocycles. The molecule has 0 unspecified atom stereocenters. The fourth-order valence-corrected chi connectivity index (χ4v) is 4.85. The van der Waals surface area contributed by atoms with E-state index in [4.69, 9.17) is 14.2 Å². The molecule has 0 atom stereocenters. The number of fused-ring (bicyclic) bond motifs is 1. The number of carbonyl (C=O) groups is 3. The lowest BCUT2D eigenvalue weighted by Gasteiger charge is -2.28. The standard InChI is InChI=1S/C33H34F3N3O6/c1-19-14-21(8-10-24(19)29(40)43-6)23-16-26(38(13-12-33(34,35)36)31(42)45-32(3,4)5)28-37-17-27(39(28)18-23)22-9-11-25(20(2)15-22)30(41)44-7/h8-11,14-18H,12-13H2,1-7H3. The Morgan fingerprint density at radius 2 is 1.40 bits per heavy atom. The first-order valence-corrected chi connectivity index (χ1v) is 14.0. The van der Waals surface area contributed by atoms with Gasteiger partial charge in [-0.15, -0.1) is 0 Å². The first kappa shape index (κ1) is 33.0. The average Bonchev–Trinajstić information content (AvgIpc) is 3.39. The van der Waals surface area contributed by atoms with E-state index in [0.717, 1.165) is 4.90 Å². The molecule has 0 aliphatic carbocycles. The van der Waals surface area contributed by atoms with Crippen molar-refractivity contribution in [1.82, 2.24) is 9.38 Å². The van der Waals surface area contributed by atoms with Crippen molar-refractivity contribution < 1.29 is 41.8 Å². The van der Waals surface area contributed by atoms with Crippen molar-refractivity contribution in [2.45, 2.75) is 52.8 Å². The van der Waals surface area contributed by atoms with Gasteiger partial charge < -0.3 is 14.2 Å². The highest BCUT2D eigenvalue weighted by Crippen LogP contribution is 2.35. The van der Waals surface area contributed by atoms with Crippen LogP contribution in [0.3, 0.4) is 0 Å². The molecule has 0 saturated carbocycles. The van der Waals surface area contributed by atoms with Crippen LogP contribution in [0.15, 0.2) is 54.9 Å². The normalized spacial score (nSPS) is 11.8. The summed E-state index contributed by atoms with van der Waals surface area (Å²) in [4.78, 5) is 43.3. The van der Waals surface area contributed by atoms with Crippen LogP contribution in [0.25, 0.3) is 28.0 Å². The Morgan fingerprint density at radius 1 is 0.844 bits per heavy atom. The lowest BCUT2D eigenvalue weighted by Crippen LogP contribution is -2.39. The lowest BCUT2D eigenvalue weighted by molar-refractivity contribution is -0.132. The van der Waals surface area contributed by atoms with Gasteiger partial charge in [-0.2, -0.15) is 13.2 Å². The minimum absolute atomic E-state index is 0.0925. The van der Waals surface area contributed by atoms with Gasteiger partial charge in [0.2, 0.25) is 0 Å². The second kappa shape index (κ2) is 12.6. The Kier molecular flexibility index (Phi) is 9.27. The van der Waals surface area contributed by atoms with E-state index in [1.54, 1.807) is 87.7 Å². The van der Waals surface area contributed by atoms with E-state index >= 15 is 0 Å². The van der Waals surface area contributed by atoms with Gasteiger partial charge >= 0.3 is 24.2 Å². The SMILES string of the molecule is COC(=O)c1ccc(-c2cc(N(CCC(F)(F)F)C(=O)OC(C)(C)C)c3ncc(-c4ccc(C(=O)OC)c(C)c4)n3c2)cc1C. The van der Waals surface area contributed by atoms with Crippen LogP contribution in [-0.4, -0.2) is 60.0 Å². The van der Waals surface area contributed by atoms with Gasteiger partial charge in [-0.25, -0.2) is 19.4 Å². The quantitative estimate of drug-likeness (QED) is 0.154. The molecule has 45 heavy (non-hydrogen) atoms. The number of carbonyl (C=O) groups excluding carboxylic acids is 3. The summed E-state index contributed by atoms with van der Waals surface area (Å²) in [5.41, 5.74) is 3.66. The number of benzene rings is 2. The number of rotatable bonds is 7. The van der Waals surface area contributed by atoms with E-state index in [0.29, 0.717) is 44.6 Å². The Hall–Kier alpha value is -4.87. The number of halogens is 3. The molecular weight excluding hydrogens is 591 g/mol. The van der Waals surface area contributed by atoms with Gasteiger partial charge in [0.1, 0.15) is 5.60 Å². The largest absolute Gasteiger partial charge is 0.465 e. The number of nitrogens with zero attached hydrogens (tertiary/aromatic N) is 3. The minimum atomic E-state index is -4.55. The zero-order valence-electron chi connectivity index (χ0n) is 26.0. The highest BCUT2D eigenvalue weighted by atomic mass is 19.4. The summed E-state index contributed by atoms with van der Waals surface area (Å²) in [5, 5.41) is 0. The van der Waals surface area contributed by atoms with Gasteiger partial charge in [-0.3, -0.25) is 9.30 Å². The summed E-state index contributed by atoms with van der Waals surface area (Å²) in [6.45, 7) is 7.64. The van der Waals surface area contributed by atoms with Gasteiger partial charge in [0.25, 0.3) is 0 Å². The number of hydrogen-bond acceptors (Lipinski definition) is 7. The fourth-order valence-electron chi connectivity index (χ4n) is 4.85. The zero-order chi connectivity index (χ0) is 33.3. The van der Waals surface area contributed by atoms with E-state index in [1.807, 2.05) is 0 Å². The number of anilines is 1. The molecule has 9 nitrogen and oxygen atoms in total. The average molecular weight is 626 g/mol.